The molecule has 0 amide bonds. The van der Waals surface area contributed by atoms with E-state index in [1.165, 1.54) is 14.2 Å². The van der Waals surface area contributed by atoms with Gasteiger partial charge >= 0.3 is 11.9 Å². The van der Waals surface area contributed by atoms with Gasteiger partial charge in [-0.3, -0.25) is 9.79 Å². The summed E-state index contributed by atoms with van der Waals surface area (Å²) >= 11 is 0. The van der Waals surface area contributed by atoms with Crippen molar-refractivity contribution in [2.45, 2.75) is 32.0 Å². The molecule has 0 saturated heterocycles. The van der Waals surface area contributed by atoms with E-state index in [0.717, 1.165) is 0 Å². The second kappa shape index (κ2) is 8.25. The van der Waals surface area contributed by atoms with Crippen LogP contribution in [0.15, 0.2) is 46.6 Å². The maximum Gasteiger partial charge on any atom is 0.334 e. The molecule has 0 aromatic heterocycles. The van der Waals surface area contributed by atoms with E-state index >= 15 is 0 Å². The first-order valence-corrected chi connectivity index (χ1v) is 8.22. The second-order valence-electron chi connectivity index (χ2n) is 6.10. The lowest BCUT2D eigenvalue weighted by Crippen LogP contribution is -2.42. The van der Waals surface area contributed by atoms with Crippen LogP contribution in [0.25, 0.3) is 0 Å². The van der Waals surface area contributed by atoms with E-state index in [4.69, 9.17) is 9.47 Å². The van der Waals surface area contributed by atoms with Crippen molar-refractivity contribution in [3.8, 4) is 0 Å². The molecule has 0 saturated carbocycles. The lowest BCUT2D eigenvalue weighted by atomic mass is 9.73. The fraction of sp³-hybridized carbons (Fsp3) is 0.421. The van der Waals surface area contributed by atoms with Gasteiger partial charge < -0.3 is 19.7 Å². The molecule has 1 heterocycles. The molecular weight excluding hydrogens is 338 g/mol. The Morgan fingerprint density at radius 1 is 1.04 bits per heavy atom. The molecule has 4 atom stereocenters. The zero-order valence-electron chi connectivity index (χ0n) is 15.2. The molecule has 26 heavy (non-hydrogen) atoms. The predicted octanol–water partition coefficient (Wildman–Crippen LogP) is 2.33. The van der Waals surface area contributed by atoms with Crippen molar-refractivity contribution >= 4 is 17.7 Å². The number of rotatable bonds is 7. The van der Waals surface area contributed by atoms with E-state index in [1.54, 1.807) is 44.2 Å². The highest BCUT2D eigenvalue weighted by molar-refractivity contribution is 6.09. The van der Waals surface area contributed by atoms with Crippen LogP contribution in [0.4, 0.5) is 0 Å². The Bertz CT molecular complexity index is 740. The lowest BCUT2D eigenvalue weighted by Gasteiger charge is -2.34. The van der Waals surface area contributed by atoms with Gasteiger partial charge in [-0.2, -0.15) is 0 Å². The molecule has 2 N–H and O–H groups in total. The van der Waals surface area contributed by atoms with E-state index in [9.17, 15) is 19.8 Å². The van der Waals surface area contributed by atoms with Gasteiger partial charge in [0, 0.05) is 20.1 Å². The summed E-state index contributed by atoms with van der Waals surface area (Å²) in [6.45, 7) is 3.37. The molecule has 1 aromatic rings. The molecule has 7 heteroatoms. The summed E-state index contributed by atoms with van der Waals surface area (Å²) in [7, 11) is 2.91. The predicted molar refractivity (Wildman–Crippen MR) is 95.3 cm³/mol. The van der Waals surface area contributed by atoms with Crippen molar-refractivity contribution in [2.24, 2.45) is 10.9 Å². The highest BCUT2D eigenvalue weighted by Crippen LogP contribution is 2.41. The summed E-state index contributed by atoms with van der Waals surface area (Å²) in [6, 6.07) is 8.73. The highest BCUT2D eigenvalue weighted by atomic mass is 16.5. The van der Waals surface area contributed by atoms with Gasteiger partial charge in [0.15, 0.2) is 0 Å². The Morgan fingerprint density at radius 3 is 2.08 bits per heavy atom. The van der Waals surface area contributed by atoms with Crippen LogP contribution in [0, 0.1) is 5.92 Å². The first kappa shape index (κ1) is 19.8. The summed E-state index contributed by atoms with van der Waals surface area (Å²) in [5.41, 5.74) is 1.02. The normalized spacial score (nSPS) is 22.5. The Labute approximate surface area is 152 Å². The molecular formula is C19H23NO6. The monoisotopic (exact) mass is 361 g/mol. The van der Waals surface area contributed by atoms with Crippen molar-refractivity contribution in [1.82, 2.24) is 0 Å². The Hall–Kier alpha value is -2.51. The minimum atomic E-state index is -1.21. The second-order valence-corrected chi connectivity index (χ2v) is 6.10. The highest BCUT2D eigenvalue weighted by Gasteiger charge is 2.45. The van der Waals surface area contributed by atoms with E-state index in [1.807, 2.05) is 0 Å². The minimum Gasteiger partial charge on any atom is -0.481 e. The Morgan fingerprint density at radius 2 is 1.62 bits per heavy atom. The molecule has 1 aliphatic rings. The van der Waals surface area contributed by atoms with Gasteiger partial charge in [-0.25, -0.2) is 4.79 Å². The van der Waals surface area contributed by atoms with Crippen LogP contribution >= 0.6 is 0 Å². The number of carbonyl (C=O) groups is 2. The topological polar surface area (TPSA) is 105 Å². The number of carboxylic acids is 2. The van der Waals surface area contributed by atoms with Crippen LogP contribution in [0.1, 0.15) is 25.3 Å². The molecule has 1 aliphatic heterocycles. The molecule has 1 aromatic carbocycles. The van der Waals surface area contributed by atoms with Crippen LogP contribution in [0.5, 0.6) is 0 Å². The summed E-state index contributed by atoms with van der Waals surface area (Å²) < 4.78 is 10.6. The standard InChI is InChI=1S/C19H23NO6/c1-10(25-3)16-14(18(21)22)13(12-8-6-5-7-9-12)15(19(23)24)17(20-16)11(2)26-4/h5-11,13-14H,1-4H3,(H,21,22)(H,23,24). The number of carboxylic acid groups (broad SMARTS) is 2. The van der Waals surface area contributed by atoms with Gasteiger partial charge in [-0.1, -0.05) is 30.3 Å². The largest absolute Gasteiger partial charge is 0.481 e. The molecule has 0 fully saturated rings. The average molecular weight is 361 g/mol. The van der Waals surface area contributed by atoms with E-state index in [0.29, 0.717) is 5.56 Å². The van der Waals surface area contributed by atoms with Crippen LogP contribution in [0.2, 0.25) is 0 Å². The van der Waals surface area contributed by atoms with E-state index in [2.05, 4.69) is 4.99 Å². The van der Waals surface area contributed by atoms with Crippen LogP contribution in [0.3, 0.4) is 0 Å². The quantitative estimate of drug-likeness (QED) is 0.772. The zero-order chi connectivity index (χ0) is 19.4. The van der Waals surface area contributed by atoms with Gasteiger partial charge in [0.1, 0.15) is 5.92 Å². The first-order valence-electron chi connectivity index (χ1n) is 8.22. The molecule has 0 bridgehead atoms. The third-order valence-corrected chi connectivity index (χ3v) is 4.65. The summed E-state index contributed by atoms with van der Waals surface area (Å²) in [5.74, 6) is -4.41. The lowest BCUT2D eigenvalue weighted by molar-refractivity contribution is -0.140. The van der Waals surface area contributed by atoms with E-state index < -0.39 is 36.0 Å². The van der Waals surface area contributed by atoms with Crippen LogP contribution < -0.4 is 0 Å². The zero-order valence-corrected chi connectivity index (χ0v) is 15.2. The van der Waals surface area contributed by atoms with Crippen molar-refractivity contribution < 1.29 is 29.3 Å². The number of ether oxygens (including phenoxy) is 2. The third-order valence-electron chi connectivity index (χ3n) is 4.65. The number of hydrogen-bond donors (Lipinski definition) is 2. The number of hydrogen-bond acceptors (Lipinski definition) is 5. The fourth-order valence-corrected chi connectivity index (χ4v) is 3.18. The van der Waals surface area contributed by atoms with Crippen molar-refractivity contribution in [1.29, 1.82) is 0 Å². The van der Waals surface area contributed by atoms with Crippen LogP contribution in [-0.2, 0) is 19.1 Å². The number of methoxy groups -OCH3 is 2. The number of benzene rings is 1. The SMILES string of the molecule is COC(C)C1=NC(C(C)OC)=C(C(=O)O)C(c2ccccc2)C1C(=O)O. The molecule has 7 nitrogen and oxygen atoms in total. The smallest absolute Gasteiger partial charge is 0.334 e. The molecule has 0 radical (unpaired) electrons. The van der Waals surface area contributed by atoms with E-state index in [-0.39, 0.29) is 17.0 Å². The summed E-state index contributed by atoms with van der Waals surface area (Å²) in [5, 5.41) is 19.7. The number of aliphatic imine (C=N–C) groups is 1. The Kier molecular flexibility index (Phi) is 6.28. The van der Waals surface area contributed by atoms with Gasteiger partial charge in [-0.05, 0) is 19.4 Å². The molecule has 4 unspecified atom stereocenters. The summed E-state index contributed by atoms with van der Waals surface area (Å²) in [6.07, 6.45) is -1.20. The maximum atomic E-state index is 12.1. The van der Waals surface area contributed by atoms with Crippen molar-refractivity contribution in [3.05, 3.63) is 47.2 Å². The average Bonchev–Trinajstić information content (AvgIpc) is 2.65. The van der Waals surface area contributed by atoms with Gasteiger partial charge in [0.2, 0.25) is 0 Å². The summed E-state index contributed by atoms with van der Waals surface area (Å²) in [4.78, 5) is 28.6. The molecule has 2 rings (SSSR count). The number of aliphatic carboxylic acids is 2. The molecule has 0 spiro atoms. The van der Waals surface area contributed by atoms with Gasteiger partial charge in [0.25, 0.3) is 0 Å². The van der Waals surface area contributed by atoms with Gasteiger partial charge in [-0.15, -0.1) is 0 Å². The fourth-order valence-electron chi connectivity index (χ4n) is 3.18. The van der Waals surface area contributed by atoms with Gasteiger partial charge in [0.05, 0.1) is 29.2 Å². The van der Waals surface area contributed by atoms with Crippen molar-refractivity contribution in [2.75, 3.05) is 14.2 Å². The number of nitrogens with zero attached hydrogens (tertiary/aromatic N) is 1. The molecule has 140 valence electrons. The van der Waals surface area contributed by atoms with Crippen LogP contribution in [-0.4, -0.2) is 54.3 Å². The van der Waals surface area contributed by atoms with Crippen molar-refractivity contribution in [3.63, 3.8) is 0 Å². The Balaban J connectivity index is 2.81. The third kappa shape index (κ3) is 3.68. The first-order chi connectivity index (χ1) is 12.3. The minimum absolute atomic E-state index is 0.0648. The maximum absolute atomic E-state index is 12.1. The molecule has 0 aliphatic carbocycles.